The molecule has 1 heterocycles. The molecule has 1 N–H and O–H groups in total. The first-order chi connectivity index (χ1) is 12.9. The first kappa shape index (κ1) is 18.7. The van der Waals surface area contributed by atoms with Crippen molar-refractivity contribution in [2.45, 2.75) is 26.4 Å². The number of hydrogen-bond donors (Lipinski definition) is 1. The zero-order chi connectivity index (χ0) is 19.6. The Labute approximate surface area is 158 Å². The molecule has 1 aliphatic heterocycles. The van der Waals surface area contributed by atoms with Crippen molar-refractivity contribution in [2.75, 3.05) is 7.11 Å². The van der Waals surface area contributed by atoms with Gasteiger partial charge in [0.1, 0.15) is 5.75 Å². The van der Waals surface area contributed by atoms with Crippen molar-refractivity contribution in [3.8, 4) is 5.75 Å². The van der Waals surface area contributed by atoms with E-state index in [-0.39, 0.29) is 23.8 Å². The largest absolute Gasteiger partial charge is 0.503 e. The number of nitrogens with zero attached hydrogens (tertiary/aromatic N) is 1. The Kier molecular flexibility index (Phi) is 5.31. The van der Waals surface area contributed by atoms with Crippen molar-refractivity contribution in [3.63, 3.8) is 0 Å². The summed E-state index contributed by atoms with van der Waals surface area (Å²) < 4.78 is 5.17. The van der Waals surface area contributed by atoms with E-state index in [2.05, 4.69) is 0 Å². The summed E-state index contributed by atoms with van der Waals surface area (Å²) in [6.07, 6.45) is 0. The normalized spacial score (nSPS) is 17.0. The van der Waals surface area contributed by atoms with Gasteiger partial charge in [0.25, 0.3) is 5.91 Å². The monoisotopic (exact) mass is 365 g/mol. The Morgan fingerprint density at radius 1 is 1.11 bits per heavy atom. The van der Waals surface area contributed by atoms with Crippen LogP contribution in [0.2, 0.25) is 0 Å². The fourth-order valence-electron chi connectivity index (χ4n) is 3.29. The summed E-state index contributed by atoms with van der Waals surface area (Å²) in [6.45, 7) is 3.81. The first-order valence-corrected chi connectivity index (χ1v) is 8.90. The molecule has 3 rings (SSSR count). The highest BCUT2D eigenvalue weighted by Gasteiger charge is 2.43. The van der Waals surface area contributed by atoms with E-state index in [1.807, 2.05) is 54.6 Å². The zero-order valence-corrected chi connectivity index (χ0v) is 15.7. The van der Waals surface area contributed by atoms with E-state index < -0.39 is 17.7 Å². The maximum Gasteiger partial charge on any atom is 0.290 e. The standard InChI is InChI=1S/C22H23NO4/c1-14(2)20(24)18-19(16-7-5-4-6-8-16)23(22(26)21(18)25)13-15-9-11-17(27-3)12-10-15/h4-12,14,19,25H,13H2,1-3H3. The van der Waals surface area contributed by atoms with Gasteiger partial charge >= 0.3 is 0 Å². The van der Waals surface area contributed by atoms with Gasteiger partial charge in [0.2, 0.25) is 0 Å². The molecule has 0 fully saturated rings. The number of aliphatic hydroxyl groups excluding tert-OH is 1. The number of hydrogen-bond acceptors (Lipinski definition) is 4. The van der Waals surface area contributed by atoms with Gasteiger partial charge in [-0.3, -0.25) is 9.59 Å². The highest BCUT2D eigenvalue weighted by molar-refractivity contribution is 6.09. The van der Waals surface area contributed by atoms with Crippen molar-refractivity contribution in [1.29, 1.82) is 0 Å². The summed E-state index contributed by atoms with van der Waals surface area (Å²) in [7, 11) is 1.59. The Morgan fingerprint density at radius 2 is 1.74 bits per heavy atom. The van der Waals surface area contributed by atoms with E-state index in [1.165, 1.54) is 0 Å². The highest BCUT2D eigenvalue weighted by Crippen LogP contribution is 2.39. The average molecular weight is 365 g/mol. The maximum absolute atomic E-state index is 12.8. The van der Waals surface area contributed by atoms with Crippen molar-refractivity contribution in [3.05, 3.63) is 77.1 Å². The number of methoxy groups -OCH3 is 1. The third kappa shape index (κ3) is 3.58. The average Bonchev–Trinajstić information content (AvgIpc) is 2.93. The van der Waals surface area contributed by atoms with Gasteiger partial charge < -0.3 is 14.7 Å². The Morgan fingerprint density at radius 3 is 2.30 bits per heavy atom. The Hall–Kier alpha value is -3.08. The molecule has 0 aliphatic carbocycles. The molecule has 2 aromatic carbocycles. The van der Waals surface area contributed by atoms with Crippen molar-refractivity contribution in [2.24, 2.45) is 5.92 Å². The molecule has 1 amide bonds. The molecular weight excluding hydrogens is 342 g/mol. The van der Waals surface area contributed by atoms with E-state index in [0.717, 1.165) is 16.9 Å². The second-order valence-electron chi connectivity index (χ2n) is 6.88. The molecule has 140 valence electrons. The summed E-state index contributed by atoms with van der Waals surface area (Å²) >= 11 is 0. The second-order valence-corrected chi connectivity index (χ2v) is 6.88. The van der Waals surface area contributed by atoms with E-state index in [4.69, 9.17) is 4.74 Å². The van der Waals surface area contributed by atoms with Crippen LogP contribution in [-0.2, 0) is 16.1 Å². The van der Waals surface area contributed by atoms with Crippen LogP contribution >= 0.6 is 0 Å². The van der Waals surface area contributed by atoms with Gasteiger partial charge in [-0.1, -0.05) is 56.3 Å². The minimum atomic E-state index is -0.601. The predicted molar refractivity (Wildman–Crippen MR) is 102 cm³/mol. The van der Waals surface area contributed by atoms with Gasteiger partial charge in [0.05, 0.1) is 18.7 Å². The number of carbonyl (C=O) groups excluding carboxylic acids is 2. The molecule has 27 heavy (non-hydrogen) atoms. The molecular formula is C22H23NO4. The van der Waals surface area contributed by atoms with Crippen LogP contribution in [-0.4, -0.2) is 28.8 Å². The number of aliphatic hydroxyl groups is 1. The van der Waals surface area contributed by atoms with Crippen LogP contribution in [0.3, 0.4) is 0 Å². The fraction of sp³-hybridized carbons (Fsp3) is 0.273. The highest BCUT2D eigenvalue weighted by atomic mass is 16.5. The maximum atomic E-state index is 12.8. The van der Waals surface area contributed by atoms with Gasteiger partial charge in [-0.15, -0.1) is 0 Å². The quantitative estimate of drug-likeness (QED) is 0.845. The van der Waals surface area contributed by atoms with Crippen LogP contribution in [0.15, 0.2) is 65.9 Å². The van der Waals surface area contributed by atoms with Gasteiger partial charge in [-0.05, 0) is 23.3 Å². The summed E-state index contributed by atoms with van der Waals surface area (Å²) in [5, 5.41) is 10.5. The van der Waals surface area contributed by atoms with Crippen LogP contribution in [0.25, 0.3) is 0 Å². The summed E-state index contributed by atoms with van der Waals surface area (Å²) in [5.74, 6) is -0.781. The van der Waals surface area contributed by atoms with Gasteiger partial charge in [0.15, 0.2) is 11.5 Å². The smallest absolute Gasteiger partial charge is 0.290 e. The third-order valence-electron chi connectivity index (χ3n) is 4.72. The molecule has 5 nitrogen and oxygen atoms in total. The predicted octanol–water partition coefficient (Wildman–Crippen LogP) is 3.82. The first-order valence-electron chi connectivity index (χ1n) is 8.90. The zero-order valence-electron chi connectivity index (χ0n) is 15.7. The van der Waals surface area contributed by atoms with Gasteiger partial charge in [-0.2, -0.15) is 0 Å². The van der Waals surface area contributed by atoms with E-state index >= 15 is 0 Å². The molecule has 0 aromatic heterocycles. The lowest BCUT2D eigenvalue weighted by atomic mass is 9.91. The minimum Gasteiger partial charge on any atom is -0.503 e. The Bertz CT molecular complexity index is 869. The van der Waals surface area contributed by atoms with Crippen LogP contribution in [0, 0.1) is 5.92 Å². The molecule has 0 saturated carbocycles. The molecule has 1 aliphatic rings. The summed E-state index contributed by atoms with van der Waals surface area (Å²) in [5.41, 5.74) is 1.86. The number of Topliss-reactive ketones (excluding diaryl/α,β-unsaturated/α-hetero) is 1. The van der Waals surface area contributed by atoms with Crippen LogP contribution in [0.1, 0.15) is 31.0 Å². The van der Waals surface area contributed by atoms with E-state index in [1.54, 1.807) is 25.9 Å². The van der Waals surface area contributed by atoms with E-state index in [9.17, 15) is 14.7 Å². The van der Waals surface area contributed by atoms with Crippen molar-refractivity contribution >= 4 is 11.7 Å². The SMILES string of the molecule is COc1ccc(CN2C(=O)C(O)=C(C(=O)C(C)C)C2c2ccccc2)cc1. The van der Waals surface area contributed by atoms with E-state index in [0.29, 0.717) is 0 Å². The lowest BCUT2D eigenvalue weighted by Gasteiger charge is -2.27. The van der Waals surface area contributed by atoms with Crippen LogP contribution < -0.4 is 4.74 Å². The lowest BCUT2D eigenvalue weighted by molar-refractivity contribution is -0.130. The second kappa shape index (κ2) is 7.66. The third-order valence-corrected chi connectivity index (χ3v) is 4.72. The molecule has 0 spiro atoms. The number of ether oxygens (including phenoxy) is 1. The van der Waals surface area contributed by atoms with Gasteiger partial charge in [0, 0.05) is 12.5 Å². The number of benzene rings is 2. The lowest BCUT2D eigenvalue weighted by Crippen LogP contribution is -2.31. The molecule has 0 saturated heterocycles. The Balaban J connectivity index is 2.01. The summed E-state index contributed by atoms with van der Waals surface area (Å²) in [6, 6.07) is 16.1. The van der Waals surface area contributed by atoms with Crippen molar-refractivity contribution in [1.82, 2.24) is 4.90 Å². The fourth-order valence-corrected chi connectivity index (χ4v) is 3.29. The van der Waals surface area contributed by atoms with Crippen LogP contribution in [0.4, 0.5) is 0 Å². The molecule has 2 aromatic rings. The molecule has 1 unspecified atom stereocenters. The number of ketones is 1. The number of carbonyl (C=O) groups is 2. The number of rotatable bonds is 6. The molecule has 1 atom stereocenters. The minimum absolute atomic E-state index is 0.176. The summed E-state index contributed by atoms with van der Waals surface area (Å²) in [4.78, 5) is 27.1. The number of amides is 1. The van der Waals surface area contributed by atoms with Crippen molar-refractivity contribution < 1.29 is 19.4 Å². The molecule has 5 heteroatoms. The van der Waals surface area contributed by atoms with Crippen LogP contribution in [0.5, 0.6) is 5.75 Å². The topological polar surface area (TPSA) is 66.8 Å². The molecule has 0 radical (unpaired) electrons. The van der Waals surface area contributed by atoms with Gasteiger partial charge in [-0.25, -0.2) is 0 Å². The molecule has 0 bridgehead atoms.